The van der Waals surface area contributed by atoms with E-state index in [4.69, 9.17) is 26.2 Å². The Bertz CT molecular complexity index is 778. The van der Waals surface area contributed by atoms with Crippen molar-refractivity contribution < 1.29 is 24.2 Å². The molecule has 0 radical (unpaired) electrons. The van der Waals surface area contributed by atoms with Crippen molar-refractivity contribution in [1.82, 2.24) is 15.3 Å². The molecule has 2 atom stereocenters. The average Bonchev–Trinajstić information content (AvgIpc) is 2.95. The van der Waals surface area contributed by atoms with E-state index in [-0.39, 0.29) is 31.1 Å². The van der Waals surface area contributed by atoms with Crippen molar-refractivity contribution in [2.75, 3.05) is 19.8 Å². The molecule has 134 valence electrons. The molecule has 0 bridgehead atoms. The molecular formula is C16H18ClN3O5. The highest BCUT2D eigenvalue weighted by atomic mass is 35.5. The lowest BCUT2D eigenvalue weighted by Crippen LogP contribution is -2.51. The number of benzene rings is 1. The summed E-state index contributed by atoms with van der Waals surface area (Å²) in [6.07, 6.45) is 0.207. The lowest BCUT2D eigenvalue weighted by molar-refractivity contribution is -0.148. The Labute approximate surface area is 148 Å². The molecule has 1 aliphatic rings. The summed E-state index contributed by atoms with van der Waals surface area (Å²) in [6, 6.07) is 4.87. The van der Waals surface area contributed by atoms with E-state index in [0.717, 1.165) is 11.0 Å². The third kappa shape index (κ3) is 4.68. The van der Waals surface area contributed by atoms with E-state index in [9.17, 15) is 9.59 Å². The lowest BCUT2D eigenvalue weighted by Gasteiger charge is -2.31. The molecule has 9 heteroatoms. The Balaban J connectivity index is 1.60. The van der Waals surface area contributed by atoms with Crippen LogP contribution in [0.25, 0.3) is 11.0 Å². The van der Waals surface area contributed by atoms with Crippen molar-refractivity contribution in [3.63, 3.8) is 0 Å². The van der Waals surface area contributed by atoms with Crippen LogP contribution < -0.4 is 5.32 Å². The van der Waals surface area contributed by atoms with Gasteiger partial charge < -0.3 is 24.9 Å². The number of halogens is 1. The van der Waals surface area contributed by atoms with Crippen LogP contribution in [0.2, 0.25) is 5.02 Å². The molecule has 0 saturated carbocycles. The number of nitrogens with one attached hydrogen (secondary N) is 2. The summed E-state index contributed by atoms with van der Waals surface area (Å²) >= 11 is 5.93. The predicted octanol–water partition coefficient (Wildman–Crippen LogP) is 1.13. The van der Waals surface area contributed by atoms with Gasteiger partial charge >= 0.3 is 5.97 Å². The molecule has 1 aromatic carbocycles. The second-order valence-electron chi connectivity index (χ2n) is 5.80. The number of carbonyl (C=O) groups excluding carboxylic acids is 1. The first-order chi connectivity index (χ1) is 12.0. The summed E-state index contributed by atoms with van der Waals surface area (Å²) in [6.45, 7) is 0.355. The Morgan fingerprint density at radius 2 is 2.32 bits per heavy atom. The van der Waals surface area contributed by atoms with E-state index in [0.29, 0.717) is 23.9 Å². The molecule has 1 aliphatic heterocycles. The summed E-state index contributed by atoms with van der Waals surface area (Å²) in [7, 11) is 0. The maximum atomic E-state index is 12.3. The van der Waals surface area contributed by atoms with Crippen molar-refractivity contribution in [3.8, 4) is 0 Å². The number of hydrogen-bond acceptors (Lipinski definition) is 5. The molecule has 25 heavy (non-hydrogen) atoms. The normalized spacial score (nSPS) is 20.5. The number of carbonyl (C=O) groups is 2. The van der Waals surface area contributed by atoms with E-state index >= 15 is 0 Å². The average molecular weight is 368 g/mol. The molecule has 0 unspecified atom stereocenters. The number of amides is 1. The van der Waals surface area contributed by atoms with E-state index in [1.807, 2.05) is 0 Å². The van der Waals surface area contributed by atoms with Gasteiger partial charge in [-0.1, -0.05) is 11.6 Å². The quantitative estimate of drug-likeness (QED) is 0.705. The van der Waals surface area contributed by atoms with Crippen LogP contribution in [-0.4, -0.2) is 58.9 Å². The van der Waals surface area contributed by atoms with Crippen LogP contribution in [0.1, 0.15) is 12.2 Å². The zero-order chi connectivity index (χ0) is 17.8. The van der Waals surface area contributed by atoms with Crippen LogP contribution in [0.5, 0.6) is 0 Å². The van der Waals surface area contributed by atoms with Gasteiger partial charge in [-0.05, 0) is 24.6 Å². The second kappa shape index (κ2) is 7.81. The number of nitrogens with zero attached hydrogens (tertiary/aromatic N) is 1. The highest BCUT2D eigenvalue weighted by Gasteiger charge is 2.28. The molecule has 3 rings (SSSR count). The third-order valence-corrected chi connectivity index (χ3v) is 4.12. The Hall–Kier alpha value is -2.16. The minimum atomic E-state index is -1.04. The van der Waals surface area contributed by atoms with E-state index in [1.165, 1.54) is 0 Å². The summed E-state index contributed by atoms with van der Waals surface area (Å²) in [4.78, 5) is 30.3. The number of hydrogen-bond donors (Lipinski definition) is 3. The molecule has 1 saturated heterocycles. The number of aromatic nitrogens is 2. The Kier molecular flexibility index (Phi) is 5.52. The fraction of sp³-hybridized carbons (Fsp3) is 0.438. The summed E-state index contributed by atoms with van der Waals surface area (Å²) in [5, 5.41) is 12.1. The van der Waals surface area contributed by atoms with Crippen LogP contribution in [0.3, 0.4) is 0 Å². The monoisotopic (exact) mass is 367 g/mol. The summed E-state index contributed by atoms with van der Waals surface area (Å²) < 4.78 is 10.7. The van der Waals surface area contributed by atoms with Gasteiger partial charge in [0.2, 0.25) is 5.91 Å². The summed E-state index contributed by atoms with van der Waals surface area (Å²) in [5.41, 5.74) is 1.50. The molecule has 3 N–H and O–H groups in total. The molecule has 1 aromatic heterocycles. The topological polar surface area (TPSA) is 114 Å². The molecule has 1 fully saturated rings. The van der Waals surface area contributed by atoms with Crippen molar-refractivity contribution in [1.29, 1.82) is 0 Å². The molecule has 8 nitrogen and oxygen atoms in total. The highest BCUT2D eigenvalue weighted by Crippen LogP contribution is 2.17. The maximum absolute atomic E-state index is 12.3. The number of ether oxygens (including phenoxy) is 2. The number of fused-ring (bicyclic) bond motifs is 1. The van der Waals surface area contributed by atoms with Crippen molar-refractivity contribution in [2.24, 2.45) is 0 Å². The van der Waals surface area contributed by atoms with Gasteiger partial charge in [0.25, 0.3) is 0 Å². The number of imidazole rings is 1. The predicted molar refractivity (Wildman–Crippen MR) is 89.6 cm³/mol. The van der Waals surface area contributed by atoms with Crippen LogP contribution in [0.4, 0.5) is 0 Å². The third-order valence-electron chi connectivity index (χ3n) is 3.88. The first-order valence-electron chi connectivity index (χ1n) is 7.86. The molecule has 0 aliphatic carbocycles. The number of rotatable bonds is 6. The standard InChI is InChI=1S/C16H18ClN3O5/c17-9-1-2-10-11(5-9)19-14(18-10)6-15(21)20-12-7-24-4-3-13(12)25-8-16(22)23/h1-2,5,12-13H,3-4,6-8H2,(H,18,19)(H,20,21)(H,22,23)/t12-,13+/m0/s1. The molecule has 1 amide bonds. The minimum Gasteiger partial charge on any atom is -0.480 e. The zero-order valence-electron chi connectivity index (χ0n) is 13.3. The van der Waals surface area contributed by atoms with E-state index in [1.54, 1.807) is 18.2 Å². The Morgan fingerprint density at radius 3 is 3.12 bits per heavy atom. The molecular weight excluding hydrogens is 350 g/mol. The first kappa shape index (κ1) is 17.7. The van der Waals surface area contributed by atoms with Crippen molar-refractivity contribution in [3.05, 3.63) is 29.0 Å². The largest absolute Gasteiger partial charge is 0.480 e. The van der Waals surface area contributed by atoms with Crippen LogP contribution in [0.15, 0.2) is 18.2 Å². The number of H-pyrrole nitrogens is 1. The Morgan fingerprint density at radius 1 is 1.48 bits per heavy atom. The fourth-order valence-corrected chi connectivity index (χ4v) is 2.93. The van der Waals surface area contributed by atoms with Crippen LogP contribution >= 0.6 is 11.6 Å². The second-order valence-corrected chi connectivity index (χ2v) is 6.24. The molecule has 2 heterocycles. The van der Waals surface area contributed by atoms with Gasteiger partial charge in [-0.15, -0.1) is 0 Å². The van der Waals surface area contributed by atoms with Gasteiger partial charge in [0, 0.05) is 11.6 Å². The number of carboxylic acid groups (broad SMARTS) is 1. The highest BCUT2D eigenvalue weighted by molar-refractivity contribution is 6.31. The van der Waals surface area contributed by atoms with E-state index in [2.05, 4.69) is 15.3 Å². The summed E-state index contributed by atoms with van der Waals surface area (Å²) in [5.74, 6) is -0.767. The van der Waals surface area contributed by atoms with Gasteiger partial charge in [-0.25, -0.2) is 9.78 Å². The van der Waals surface area contributed by atoms with Crippen LogP contribution in [0, 0.1) is 0 Å². The van der Waals surface area contributed by atoms with Gasteiger partial charge in [0.15, 0.2) is 0 Å². The first-order valence-corrected chi connectivity index (χ1v) is 8.23. The molecule has 0 spiro atoms. The van der Waals surface area contributed by atoms with Gasteiger partial charge in [0.05, 0.1) is 36.2 Å². The maximum Gasteiger partial charge on any atom is 0.329 e. The van der Waals surface area contributed by atoms with Crippen molar-refractivity contribution in [2.45, 2.75) is 25.0 Å². The minimum absolute atomic E-state index is 0.0639. The number of carboxylic acids is 1. The van der Waals surface area contributed by atoms with Gasteiger partial charge in [-0.3, -0.25) is 4.79 Å². The van der Waals surface area contributed by atoms with E-state index < -0.39 is 12.6 Å². The fourth-order valence-electron chi connectivity index (χ4n) is 2.76. The van der Waals surface area contributed by atoms with Crippen molar-refractivity contribution >= 4 is 34.5 Å². The lowest BCUT2D eigenvalue weighted by atomic mass is 10.1. The molecule has 2 aromatic rings. The smallest absolute Gasteiger partial charge is 0.329 e. The van der Waals surface area contributed by atoms with Gasteiger partial charge in [-0.2, -0.15) is 0 Å². The zero-order valence-corrected chi connectivity index (χ0v) is 14.1. The number of aromatic amines is 1. The van der Waals surface area contributed by atoms with Gasteiger partial charge in [0.1, 0.15) is 12.4 Å². The SMILES string of the molecule is O=C(O)CO[C@@H]1CCOC[C@@H]1NC(=O)Cc1nc2ccc(Cl)cc2[nH]1. The van der Waals surface area contributed by atoms with Crippen LogP contribution in [-0.2, 0) is 25.5 Å². The number of aliphatic carboxylic acids is 1.